The van der Waals surface area contributed by atoms with Crippen molar-refractivity contribution < 1.29 is 4.42 Å². The van der Waals surface area contributed by atoms with Crippen LogP contribution in [-0.4, -0.2) is 0 Å². The monoisotopic (exact) mass is 448 g/mol. The molecule has 0 bridgehead atoms. The zero-order valence-electron chi connectivity index (χ0n) is 13.7. The first kappa shape index (κ1) is 15.6. The molecule has 124 valence electrons. The molecule has 0 saturated heterocycles. The lowest BCUT2D eigenvalue weighted by atomic mass is 9.94. The molecule has 0 atom stereocenters. The zero-order chi connectivity index (χ0) is 17.7. The van der Waals surface area contributed by atoms with Gasteiger partial charge >= 0.3 is 5.63 Å². The molecule has 0 saturated carbocycles. The lowest BCUT2D eigenvalue weighted by Gasteiger charge is -2.14. The van der Waals surface area contributed by atoms with Gasteiger partial charge in [0.2, 0.25) is 0 Å². The Balaban J connectivity index is 2.11. The van der Waals surface area contributed by atoms with Gasteiger partial charge in [-0.15, -0.1) is 0 Å². The van der Waals surface area contributed by atoms with Crippen molar-refractivity contribution in [1.82, 2.24) is 0 Å². The third-order valence-corrected chi connectivity index (χ3v) is 5.81. The maximum atomic E-state index is 12.6. The normalized spacial score (nSPS) is 11.4. The fourth-order valence-electron chi connectivity index (χ4n) is 3.66. The number of halogens is 1. The molecule has 2 nitrogen and oxygen atoms in total. The van der Waals surface area contributed by atoms with E-state index in [0.717, 1.165) is 36.2 Å². The number of fused-ring (bicyclic) bond motifs is 5. The van der Waals surface area contributed by atoms with Crippen LogP contribution < -0.4 is 5.63 Å². The number of hydrogen-bond donors (Lipinski definition) is 0. The third kappa shape index (κ3) is 2.20. The minimum absolute atomic E-state index is 0.291. The summed E-state index contributed by atoms with van der Waals surface area (Å²) in [5, 5.41) is 4.82. The molecule has 0 fully saturated rings. The molecule has 4 aromatic carbocycles. The van der Waals surface area contributed by atoms with Crippen molar-refractivity contribution in [3.63, 3.8) is 0 Å². The Labute approximate surface area is 163 Å². The van der Waals surface area contributed by atoms with Gasteiger partial charge in [0.15, 0.2) is 5.58 Å². The maximum absolute atomic E-state index is 12.6. The average molecular weight is 448 g/mol. The van der Waals surface area contributed by atoms with Crippen molar-refractivity contribution in [3.8, 4) is 11.1 Å². The van der Waals surface area contributed by atoms with Gasteiger partial charge in [0.1, 0.15) is 0 Å². The fraction of sp³-hybridized carbons (Fsp3) is 0. The van der Waals surface area contributed by atoms with Gasteiger partial charge in [0.05, 0.1) is 8.96 Å². The molecular weight excluding hydrogens is 435 g/mol. The predicted octanol–water partition coefficient (Wildman–Crippen LogP) is 6.37. The Bertz CT molecular complexity index is 1350. The highest BCUT2D eigenvalue weighted by molar-refractivity contribution is 14.1. The average Bonchev–Trinajstić information content (AvgIpc) is 2.69. The van der Waals surface area contributed by atoms with E-state index in [-0.39, 0.29) is 5.63 Å². The van der Waals surface area contributed by atoms with Gasteiger partial charge in [0.25, 0.3) is 0 Å². The zero-order valence-corrected chi connectivity index (χ0v) is 15.9. The second-order valence-electron chi connectivity index (χ2n) is 6.24. The predicted molar refractivity (Wildman–Crippen MR) is 116 cm³/mol. The lowest BCUT2D eigenvalue weighted by molar-refractivity contribution is 0.568. The highest BCUT2D eigenvalue weighted by atomic mass is 127. The van der Waals surface area contributed by atoms with Crippen LogP contribution in [0.15, 0.2) is 88.1 Å². The minimum Gasteiger partial charge on any atom is -0.421 e. The first-order valence-electron chi connectivity index (χ1n) is 8.37. The molecule has 0 aliphatic rings. The van der Waals surface area contributed by atoms with Gasteiger partial charge in [-0.3, -0.25) is 0 Å². The van der Waals surface area contributed by atoms with E-state index in [9.17, 15) is 4.79 Å². The van der Waals surface area contributed by atoms with Gasteiger partial charge in [-0.2, -0.15) is 0 Å². The van der Waals surface area contributed by atoms with Crippen LogP contribution in [0.25, 0.3) is 43.6 Å². The molecule has 0 spiro atoms. The molecule has 5 aromatic rings. The molecule has 5 rings (SSSR count). The molecule has 0 unspecified atom stereocenters. The van der Waals surface area contributed by atoms with Crippen molar-refractivity contribution in [2.45, 2.75) is 0 Å². The van der Waals surface area contributed by atoms with E-state index in [0.29, 0.717) is 11.0 Å². The van der Waals surface area contributed by atoms with Crippen LogP contribution in [-0.2, 0) is 0 Å². The summed E-state index contributed by atoms with van der Waals surface area (Å²) < 4.78 is 6.78. The lowest BCUT2D eigenvalue weighted by Crippen LogP contribution is -2.01. The molecular formula is C23H13IO2. The summed E-state index contributed by atoms with van der Waals surface area (Å²) >= 11 is 2.31. The Hall–Kier alpha value is -2.66. The summed E-state index contributed by atoms with van der Waals surface area (Å²) in [6.45, 7) is 0. The van der Waals surface area contributed by atoms with E-state index in [1.807, 2.05) is 48.5 Å². The summed E-state index contributed by atoms with van der Waals surface area (Å²) in [6, 6.07) is 26.2. The van der Waals surface area contributed by atoms with Crippen LogP contribution in [0.1, 0.15) is 0 Å². The molecule has 26 heavy (non-hydrogen) atoms. The Morgan fingerprint density at radius 3 is 1.88 bits per heavy atom. The first-order chi connectivity index (χ1) is 12.8. The Kier molecular flexibility index (Phi) is 3.57. The molecule has 1 heterocycles. The number of rotatable bonds is 1. The first-order valence-corrected chi connectivity index (χ1v) is 9.45. The largest absolute Gasteiger partial charge is 0.421 e. The topological polar surface area (TPSA) is 30.2 Å². The second-order valence-corrected chi connectivity index (χ2v) is 7.32. The van der Waals surface area contributed by atoms with Crippen LogP contribution in [0.3, 0.4) is 0 Å². The highest BCUT2D eigenvalue weighted by Gasteiger charge is 2.18. The van der Waals surface area contributed by atoms with E-state index in [1.165, 1.54) is 0 Å². The van der Waals surface area contributed by atoms with Crippen molar-refractivity contribution >= 4 is 55.1 Å². The third-order valence-electron chi connectivity index (χ3n) is 4.79. The van der Waals surface area contributed by atoms with Crippen molar-refractivity contribution in [2.24, 2.45) is 0 Å². The summed E-state index contributed by atoms with van der Waals surface area (Å²) in [7, 11) is 0. The number of benzene rings is 4. The second kappa shape index (κ2) is 5.95. The van der Waals surface area contributed by atoms with Gasteiger partial charge in [-0.05, 0) is 45.0 Å². The molecule has 0 aliphatic carbocycles. The van der Waals surface area contributed by atoms with E-state index >= 15 is 0 Å². The van der Waals surface area contributed by atoms with Crippen molar-refractivity contribution in [2.75, 3.05) is 0 Å². The van der Waals surface area contributed by atoms with Crippen LogP contribution in [0.5, 0.6) is 0 Å². The van der Waals surface area contributed by atoms with Crippen molar-refractivity contribution in [1.29, 1.82) is 0 Å². The van der Waals surface area contributed by atoms with Crippen molar-refractivity contribution in [3.05, 3.63) is 92.9 Å². The van der Waals surface area contributed by atoms with Gasteiger partial charge in [-0.1, -0.05) is 72.8 Å². The molecule has 0 aliphatic heterocycles. The van der Waals surface area contributed by atoms with E-state index in [2.05, 4.69) is 52.9 Å². The maximum Gasteiger partial charge on any atom is 0.344 e. The van der Waals surface area contributed by atoms with Gasteiger partial charge in [-0.25, -0.2) is 4.79 Å². The minimum atomic E-state index is -0.291. The number of hydrogen-bond acceptors (Lipinski definition) is 2. The Morgan fingerprint density at radius 2 is 1.19 bits per heavy atom. The molecule has 0 radical (unpaired) electrons. The molecule has 1 aromatic heterocycles. The molecule has 0 amide bonds. The highest BCUT2D eigenvalue weighted by Crippen LogP contribution is 2.41. The van der Waals surface area contributed by atoms with Gasteiger partial charge in [0, 0.05) is 16.3 Å². The van der Waals surface area contributed by atoms with E-state index < -0.39 is 0 Å². The smallest absolute Gasteiger partial charge is 0.344 e. The molecule has 0 N–H and O–H groups in total. The van der Waals surface area contributed by atoms with E-state index in [1.54, 1.807) is 0 Å². The molecule has 3 heteroatoms. The van der Waals surface area contributed by atoms with Crippen LogP contribution in [0, 0.1) is 3.57 Å². The van der Waals surface area contributed by atoms with E-state index in [4.69, 9.17) is 4.42 Å². The summed E-state index contributed by atoms with van der Waals surface area (Å²) in [6.07, 6.45) is 0. The summed E-state index contributed by atoms with van der Waals surface area (Å²) in [4.78, 5) is 12.6. The van der Waals surface area contributed by atoms with Crippen LogP contribution >= 0.6 is 22.6 Å². The van der Waals surface area contributed by atoms with Crippen LogP contribution in [0.4, 0.5) is 0 Å². The summed E-state index contributed by atoms with van der Waals surface area (Å²) in [5.41, 5.74) is 2.59. The SMILES string of the molecule is O=c1oc2c(I)c(-c3ccccc3)c3ccccc3c2c2ccccc12. The van der Waals surface area contributed by atoms with Crippen LogP contribution in [0.2, 0.25) is 0 Å². The quantitative estimate of drug-likeness (QED) is 0.170. The summed E-state index contributed by atoms with van der Waals surface area (Å²) in [5.74, 6) is 0. The Morgan fingerprint density at radius 1 is 0.654 bits per heavy atom. The fourth-order valence-corrected chi connectivity index (χ4v) is 4.64. The standard InChI is InChI=1S/C23H13IO2/c24-21-19(14-8-2-1-3-9-14)15-10-4-5-11-16(15)20-17-12-6-7-13-18(17)23(25)26-22(20)21/h1-13H. The van der Waals surface area contributed by atoms with Gasteiger partial charge < -0.3 is 4.42 Å².